The molecule has 0 unspecified atom stereocenters. The van der Waals surface area contributed by atoms with Crippen molar-refractivity contribution in [1.29, 1.82) is 0 Å². The zero-order valence-corrected chi connectivity index (χ0v) is 10.5. The van der Waals surface area contributed by atoms with Gasteiger partial charge in [-0.2, -0.15) is 5.10 Å². The van der Waals surface area contributed by atoms with Crippen molar-refractivity contribution in [1.82, 2.24) is 30.3 Å². The fraction of sp³-hybridized carbons (Fsp3) is 0.545. The Morgan fingerprint density at radius 3 is 2.82 bits per heavy atom. The van der Waals surface area contributed by atoms with Crippen LogP contribution in [-0.2, 0) is 19.6 Å². The Labute approximate surface area is 100 Å². The molecule has 0 bridgehead atoms. The lowest BCUT2D eigenvalue weighted by molar-refractivity contribution is 0.610. The summed E-state index contributed by atoms with van der Waals surface area (Å²) < 4.78 is 2.03. The molecule has 0 aliphatic carbocycles. The van der Waals surface area contributed by atoms with Gasteiger partial charge in [-0.25, -0.2) is 0 Å². The van der Waals surface area contributed by atoms with E-state index in [0.29, 0.717) is 0 Å². The minimum atomic E-state index is 0.720. The number of rotatable bonds is 5. The van der Waals surface area contributed by atoms with Gasteiger partial charge in [0, 0.05) is 24.3 Å². The first-order chi connectivity index (χ1) is 8.22. The van der Waals surface area contributed by atoms with E-state index in [-0.39, 0.29) is 0 Å². The molecule has 2 aromatic rings. The maximum Gasteiger partial charge on any atom is 0.146 e. The zero-order valence-electron chi connectivity index (χ0n) is 10.5. The number of nitrogens with zero attached hydrogens (tertiary/aromatic N) is 4. The average Bonchev–Trinajstić information content (AvgIpc) is 2.89. The summed E-state index contributed by atoms with van der Waals surface area (Å²) in [6.45, 7) is 8.54. The molecule has 0 saturated heterocycles. The van der Waals surface area contributed by atoms with E-state index in [9.17, 15) is 0 Å². The molecule has 2 N–H and O–H groups in total. The highest BCUT2D eigenvalue weighted by Gasteiger charge is 2.07. The third kappa shape index (κ3) is 2.52. The molecule has 17 heavy (non-hydrogen) atoms. The predicted molar refractivity (Wildman–Crippen MR) is 64.3 cm³/mol. The standard InChI is InChI=1S/C11H18N6/c1-4-17-7-13-16-11(17)6-12-5-10-8(2)14-15-9(10)3/h7,12H,4-6H2,1-3H3,(H,14,15). The lowest BCUT2D eigenvalue weighted by Gasteiger charge is -2.05. The summed E-state index contributed by atoms with van der Waals surface area (Å²) in [4.78, 5) is 0. The molecule has 0 spiro atoms. The van der Waals surface area contributed by atoms with Crippen molar-refractivity contribution < 1.29 is 0 Å². The molecular formula is C11H18N6. The molecule has 0 atom stereocenters. The first-order valence-electron chi connectivity index (χ1n) is 5.80. The summed E-state index contributed by atoms with van der Waals surface area (Å²) in [5.74, 6) is 0.964. The van der Waals surface area contributed by atoms with E-state index in [4.69, 9.17) is 0 Å². The maximum absolute atomic E-state index is 4.17. The molecule has 0 saturated carbocycles. The highest BCUT2D eigenvalue weighted by atomic mass is 15.3. The Hall–Kier alpha value is -1.69. The van der Waals surface area contributed by atoms with Crippen molar-refractivity contribution in [2.24, 2.45) is 0 Å². The van der Waals surface area contributed by atoms with Crippen LogP contribution in [0.5, 0.6) is 0 Å². The van der Waals surface area contributed by atoms with Crippen LogP contribution in [0.2, 0.25) is 0 Å². The van der Waals surface area contributed by atoms with Gasteiger partial charge in [0.25, 0.3) is 0 Å². The number of hydrogen-bond donors (Lipinski definition) is 2. The van der Waals surface area contributed by atoms with Crippen molar-refractivity contribution in [3.05, 3.63) is 29.1 Å². The largest absolute Gasteiger partial charge is 0.317 e. The van der Waals surface area contributed by atoms with Gasteiger partial charge < -0.3 is 9.88 Å². The molecule has 0 aliphatic rings. The second kappa shape index (κ2) is 5.09. The molecule has 0 aliphatic heterocycles. The molecule has 0 amide bonds. The van der Waals surface area contributed by atoms with E-state index in [0.717, 1.165) is 36.8 Å². The number of aromatic amines is 1. The third-order valence-electron chi connectivity index (χ3n) is 2.90. The molecule has 6 nitrogen and oxygen atoms in total. The van der Waals surface area contributed by atoms with Gasteiger partial charge in [0.05, 0.1) is 12.2 Å². The zero-order chi connectivity index (χ0) is 12.3. The van der Waals surface area contributed by atoms with Gasteiger partial charge in [-0.3, -0.25) is 5.10 Å². The van der Waals surface area contributed by atoms with Crippen LogP contribution in [0.15, 0.2) is 6.33 Å². The molecule has 2 heterocycles. The predicted octanol–water partition coefficient (Wildman–Crippen LogP) is 0.928. The second-order valence-electron chi connectivity index (χ2n) is 4.05. The van der Waals surface area contributed by atoms with Crippen LogP contribution >= 0.6 is 0 Å². The fourth-order valence-electron chi connectivity index (χ4n) is 1.81. The number of aromatic nitrogens is 5. The Kier molecular flexibility index (Phi) is 3.53. The van der Waals surface area contributed by atoms with E-state index < -0.39 is 0 Å². The topological polar surface area (TPSA) is 71.4 Å². The molecule has 2 aromatic heterocycles. The summed E-state index contributed by atoms with van der Waals surface area (Å²) in [6, 6.07) is 0. The van der Waals surface area contributed by atoms with E-state index in [1.165, 1.54) is 5.56 Å². The minimum Gasteiger partial charge on any atom is -0.317 e. The van der Waals surface area contributed by atoms with Gasteiger partial charge in [0.15, 0.2) is 0 Å². The average molecular weight is 234 g/mol. The highest BCUT2D eigenvalue weighted by Crippen LogP contribution is 2.08. The van der Waals surface area contributed by atoms with E-state index in [2.05, 4.69) is 32.6 Å². The number of H-pyrrole nitrogens is 1. The third-order valence-corrected chi connectivity index (χ3v) is 2.90. The monoisotopic (exact) mass is 234 g/mol. The van der Waals surface area contributed by atoms with Crippen molar-refractivity contribution in [3.63, 3.8) is 0 Å². The SMILES string of the molecule is CCn1cnnc1CNCc1c(C)n[nH]c1C. The molecule has 0 fully saturated rings. The van der Waals surface area contributed by atoms with E-state index in [1.807, 2.05) is 18.4 Å². The molecule has 0 aromatic carbocycles. The quantitative estimate of drug-likeness (QED) is 0.807. The van der Waals surface area contributed by atoms with Gasteiger partial charge in [0.1, 0.15) is 12.2 Å². The summed E-state index contributed by atoms with van der Waals surface area (Å²) in [6.07, 6.45) is 1.76. The second-order valence-corrected chi connectivity index (χ2v) is 4.05. The lowest BCUT2D eigenvalue weighted by Crippen LogP contribution is -2.17. The highest BCUT2D eigenvalue weighted by molar-refractivity contribution is 5.22. The van der Waals surface area contributed by atoms with Gasteiger partial charge in [0.2, 0.25) is 0 Å². The molecule has 6 heteroatoms. The van der Waals surface area contributed by atoms with E-state index in [1.54, 1.807) is 6.33 Å². The smallest absolute Gasteiger partial charge is 0.146 e. The summed E-state index contributed by atoms with van der Waals surface area (Å²) in [5, 5.41) is 18.5. The van der Waals surface area contributed by atoms with Crippen molar-refractivity contribution in [3.8, 4) is 0 Å². The Morgan fingerprint density at radius 1 is 1.35 bits per heavy atom. The van der Waals surface area contributed by atoms with Gasteiger partial charge >= 0.3 is 0 Å². The first-order valence-corrected chi connectivity index (χ1v) is 5.80. The van der Waals surface area contributed by atoms with E-state index >= 15 is 0 Å². The summed E-state index contributed by atoms with van der Waals surface area (Å²) in [7, 11) is 0. The molecule has 92 valence electrons. The maximum atomic E-state index is 4.17. The van der Waals surface area contributed by atoms with Crippen LogP contribution in [0, 0.1) is 13.8 Å². The Morgan fingerprint density at radius 2 is 2.18 bits per heavy atom. The lowest BCUT2D eigenvalue weighted by atomic mass is 10.2. The summed E-state index contributed by atoms with van der Waals surface area (Å²) >= 11 is 0. The molecular weight excluding hydrogens is 216 g/mol. The number of nitrogens with one attached hydrogen (secondary N) is 2. The summed E-state index contributed by atoms with van der Waals surface area (Å²) in [5.41, 5.74) is 3.39. The van der Waals surface area contributed by atoms with Crippen molar-refractivity contribution >= 4 is 0 Å². The van der Waals surface area contributed by atoms with Gasteiger partial charge in [-0.1, -0.05) is 0 Å². The number of aryl methyl sites for hydroxylation is 3. The Balaban J connectivity index is 1.92. The van der Waals surface area contributed by atoms with Crippen LogP contribution in [0.25, 0.3) is 0 Å². The first kappa shape index (κ1) is 11.8. The minimum absolute atomic E-state index is 0.720. The normalized spacial score (nSPS) is 11.0. The van der Waals surface area contributed by atoms with Gasteiger partial charge in [-0.15, -0.1) is 10.2 Å². The molecule has 2 rings (SSSR count). The van der Waals surface area contributed by atoms with Crippen LogP contribution in [0.1, 0.15) is 29.7 Å². The van der Waals surface area contributed by atoms with Gasteiger partial charge in [-0.05, 0) is 20.8 Å². The van der Waals surface area contributed by atoms with Crippen LogP contribution < -0.4 is 5.32 Å². The van der Waals surface area contributed by atoms with Crippen LogP contribution in [0.4, 0.5) is 0 Å². The van der Waals surface area contributed by atoms with Crippen molar-refractivity contribution in [2.75, 3.05) is 0 Å². The van der Waals surface area contributed by atoms with Crippen LogP contribution in [-0.4, -0.2) is 25.0 Å². The van der Waals surface area contributed by atoms with Crippen molar-refractivity contribution in [2.45, 2.75) is 40.4 Å². The number of hydrogen-bond acceptors (Lipinski definition) is 4. The fourth-order valence-corrected chi connectivity index (χ4v) is 1.81. The van der Waals surface area contributed by atoms with Crippen LogP contribution in [0.3, 0.4) is 0 Å². The Bertz CT molecular complexity index is 464. The molecule has 0 radical (unpaired) electrons.